The second-order valence-electron chi connectivity index (χ2n) is 4.41. The van der Waals surface area contributed by atoms with Gasteiger partial charge < -0.3 is 10.6 Å². The van der Waals surface area contributed by atoms with Crippen LogP contribution in [0.5, 0.6) is 0 Å². The molecule has 1 atom stereocenters. The highest BCUT2D eigenvalue weighted by atomic mass is 32.2. The van der Waals surface area contributed by atoms with E-state index in [1.54, 1.807) is 4.90 Å². The number of nitrogens with two attached hydrogens (primary N) is 1. The van der Waals surface area contributed by atoms with Gasteiger partial charge in [0.15, 0.2) is 0 Å². The Hall–Kier alpha value is -1.00. The summed E-state index contributed by atoms with van der Waals surface area (Å²) in [5.41, 5.74) is 6.66. The molecule has 1 unspecified atom stereocenters. The molecule has 100 valence electrons. The fourth-order valence-electron chi connectivity index (χ4n) is 1.69. The van der Waals surface area contributed by atoms with Crippen molar-refractivity contribution in [1.29, 1.82) is 0 Å². The Morgan fingerprint density at radius 1 is 1.39 bits per heavy atom. The van der Waals surface area contributed by atoms with Crippen LogP contribution in [0.25, 0.3) is 0 Å². The molecule has 0 aromatic heterocycles. The van der Waals surface area contributed by atoms with E-state index >= 15 is 0 Å². The van der Waals surface area contributed by atoms with Gasteiger partial charge in [0.05, 0.1) is 0 Å². The van der Waals surface area contributed by atoms with E-state index < -0.39 is 0 Å². The minimum Gasteiger partial charge on any atom is -0.341 e. The average Bonchev–Trinajstić information content (AvgIpc) is 2.39. The SMILES string of the molecule is CCSc1ccc(CN(C)C(=O)C(C)CN)cc1. The lowest BCUT2D eigenvalue weighted by Gasteiger charge is -2.20. The lowest BCUT2D eigenvalue weighted by atomic mass is 10.1. The van der Waals surface area contributed by atoms with Crippen molar-refractivity contribution in [2.45, 2.75) is 25.3 Å². The summed E-state index contributed by atoms with van der Waals surface area (Å²) < 4.78 is 0. The summed E-state index contributed by atoms with van der Waals surface area (Å²) in [6, 6.07) is 8.37. The van der Waals surface area contributed by atoms with Crippen LogP contribution in [0.15, 0.2) is 29.2 Å². The van der Waals surface area contributed by atoms with Gasteiger partial charge >= 0.3 is 0 Å². The summed E-state index contributed by atoms with van der Waals surface area (Å²) in [5, 5.41) is 0. The normalized spacial score (nSPS) is 12.2. The molecular formula is C14H22N2OS. The van der Waals surface area contributed by atoms with Gasteiger partial charge in [-0.1, -0.05) is 26.0 Å². The number of nitrogens with zero attached hydrogens (tertiary/aromatic N) is 1. The molecule has 1 amide bonds. The van der Waals surface area contributed by atoms with E-state index in [1.165, 1.54) is 4.90 Å². The van der Waals surface area contributed by atoms with E-state index in [1.807, 2.05) is 25.7 Å². The van der Waals surface area contributed by atoms with Crippen molar-refractivity contribution >= 4 is 17.7 Å². The van der Waals surface area contributed by atoms with Crippen molar-refractivity contribution in [3.05, 3.63) is 29.8 Å². The zero-order valence-electron chi connectivity index (χ0n) is 11.3. The third-order valence-electron chi connectivity index (χ3n) is 2.81. The lowest BCUT2D eigenvalue weighted by Crippen LogP contribution is -2.34. The van der Waals surface area contributed by atoms with E-state index in [-0.39, 0.29) is 11.8 Å². The molecule has 1 rings (SSSR count). The monoisotopic (exact) mass is 266 g/mol. The van der Waals surface area contributed by atoms with E-state index in [2.05, 4.69) is 31.2 Å². The molecule has 0 saturated heterocycles. The minimum absolute atomic E-state index is 0.101. The molecule has 0 saturated carbocycles. The molecule has 2 N–H and O–H groups in total. The average molecular weight is 266 g/mol. The lowest BCUT2D eigenvalue weighted by molar-refractivity contribution is -0.133. The van der Waals surface area contributed by atoms with Crippen LogP contribution in [-0.2, 0) is 11.3 Å². The van der Waals surface area contributed by atoms with Crippen LogP contribution >= 0.6 is 11.8 Å². The number of rotatable bonds is 6. The number of amides is 1. The first kappa shape index (κ1) is 15.1. The molecule has 0 aliphatic heterocycles. The molecule has 1 aromatic carbocycles. The van der Waals surface area contributed by atoms with Gasteiger partial charge in [-0.25, -0.2) is 0 Å². The summed E-state index contributed by atoms with van der Waals surface area (Å²) >= 11 is 1.82. The zero-order chi connectivity index (χ0) is 13.5. The maximum Gasteiger partial charge on any atom is 0.226 e. The third-order valence-corrected chi connectivity index (χ3v) is 3.70. The van der Waals surface area contributed by atoms with Gasteiger partial charge in [0.1, 0.15) is 0 Å². The molecular weight excluding hydrogens is 244 g/mol. The predicted octanol–water partition coefficient (Wildman–Crippen LogP) is 2.35. The Kier molecular flexibility index (Phi) is 6.22. The number of hydrogen-bond donors (Lipinski definition) is 1. The second kappa shape index (κ2) is 7.44. The fraction of sp³-hybridized carbons (Fsp3) is 0.500. The van der Waals surface area contributed by atoms with Gasteiger partial charge in [-0.2, -0.15) is 0 Å². The van der Waals surface area contributed by atoms with Crippen LogP contribution in [0.2, 0.25) is 0 Å². The van der Waals surface area contributed by atoms with Crippen LogP contribution in [0.4, 0.5) is 0 Å². The first-order valence-corrected chi connectivity index (χ1v) is 7.23. The molecule has 0 spiro atoms. The first-order chi connectivity index (χ1) is 8.58. The summed E-state index contributed by atoms with van der Waals surface area (Å²) in [6.07, 6.45) is 0. The predicted molar refractivity (Wildman–Crippen MR) is 77.5 cm³/mol. The van der Waals surface area contributed by atoms with Crippen LogP contribution < -0.4 is 5.73 Å². The smallest absolute Gasteiger partial charge is 0.226 e. The number of carbonyl (C=O) groups excluding carboxylic acids is 1. The molecule has 18 heavy (non-hydrogen) atoms. The quantitative estimate of drug-likeness (QED) is 0.804. The minimum atomic E-state index is -0.107. The van der Waals surface area contributed by atoms with Crippen LogP contribution in [0, 0.1) is 5.92 Å². The van der Waals surface area contributed by atoms with E-state index in [9.17, 15) is 4.79 Å². The standard InChI is InChI=1S/C14H22N2OS/c1-4-18-13-7-5-12(6-8-13)10-16(3)14(17)11(2)9-15/h5-8,11H,4,9-10,15H2,1-3H3. The van der Waals surface area contributed by atoms with E-state index in [4.69, 9.17) is 5.73 Å². The highest BCUT2D eigenvalue weighted by molar-refractivity contribution is 7.99. The molecule has 3 nitrogen and oxygen atoms in total. The second-order valence-corrected chi connectivity index (χ2v) is 5.75. The number of hydrogen-bond acceptors (Lipinski definition) is 3. The van der Waals surface area contributed by atoms with Crippen molar-refractivity contribution in [2.24, 2.45) is 11.7 Å². The summed E-state index contributed by atoms with van der Waals surface area (Å²) in [7, 11) is 1.82. The number of thioether (sulfide) groups is 1. The number of benzene rings is 1. The Bertz CT molecular complexity index is 378. The molecule has 0 fully saturated rings. The third kappa shape index (κ3) is 4.35. The largest absolute Gasteiger partial charge is 0.341 e. The van der Waals surface area contributed by atoms with Gasteiger partial charge in [0.25, 0.3) is 0 Å². The molecule has 0 aliphatic rings. The van der Waals surface area contributed by atoms with Gasteiger partial charge in [-0.05, 0) is 23.4 Å². The highest BCUT2D eigenvalue weighted by Gasteiger charge is 2.15. The Balaban J connectivity index is 2.59. The van der Waals surface area contributed by atoms with Crippen LogP contribution in [0.3, 0.4) is 0 Å². The van der Waals surface area contributed by atoms with Gasteiger partial charge in [-0.15, -0.1) is 11.8 Å². The molecule has 0 aliphatic carbocycles. The Labute approximate surface area is 114 Å². The molecule has 0 heterocycles. The van der Waals surface area contributed by atoms with Crippen molar-refractivity contribution < 1.29 is 4.79 Å². The maximum atomic E-state index is 11.9. The van der Waals surface area contributed by atoms with E-state index in [0.29, 0.717) is 13.1 Å². The van der Waals surface area contributed by atoms with Crippen molar-refractivity contribution in [3.63, 3.8) is 0 Å². The molecule has 4 heteroatoms. The highest BCUT2D eigenvalue weighted by Crippen LogP contribution is 2.18. The summed E-state index contributed by atoms with van der Waals surface area (Å²) in [6.45, 7) is 5.04. The Morgan fingerprint density at radius 2 is 2.00 bits per heavy atom. The van der Waals surface area contributed by atoms with Gasteiger partial charge in [-0.3, -0.25) is 4.79 Å². The van der Waals surface area contributed by atoms with Gasteiger partial charge in [0.2, 0.25) is 5.91 Å². The van der Waals surface area contributed by atoms with Crippen molar-refractivity contribution in [3.8, 4) is 0 Å². The zero-order valence-corrected chi connectivity index (χ0v) is 12.2. The first-order valence-electron chi connectivity index (χ1n) is 6.25. The molecule has 0 bridgehead atoms. The molecule has 0 radical (unpaired) electrons. The fourth-order valence-corrected chi connectivity index (χ4v) is 2.35. The van der Waals surface area contributed by atoms with Crippen molar-refractivity contribution in [2.75, 3.05) is 19.3 Å². The number of carbonyl (C=O) groups is 1. The summed E-state index contributed by atoms with van der Waals surface area (Å²) in [5.74, 6) is 1.07. The topological polar surface area (TPSA) is 46.3 Å². The maximum absolute atomic E-state index is 11.9. The summed E-state index contributed by atoms with van der Waals surface area (Å²) in [4.78, 5) is 14.9. The van der Waals surface area contributed by atoms with Crippen LogP contribution in [-0.4, -0.2) is 30.2 Å². The molecule has 1 aromatic rings. The van der Waals surface area contributed by atoms with Crippen molar-refractivity contribution in [1.82, 2.24) is 4.90 Å². The van der Waals surface area contributed by atoms with Crippen LogP contribution in [0.1, 0.15) is 19.4 Å². The van der Waals surface area contributed by atoms with Gasteiger partial charge in [0, 0.05) is 31.0 Å². The van der Waals surface area contributed by atoms with E-state index in [0.717, 1.165) is 11.3 Å². The Morgan fingerprint density at radius 3 is 2.50 bits per heavy atom.